The molecule has 8 nitrogen and oxygen atoms in total. The first kappa shape index (κ1) is 22.7. The van der Waals surface area contributed by atoms with Gasteiger partial charge in [-0.2, -0.15) is 5.10 Å². The van der Waals surface area contributed by atoms with Crippen molar-refractivity contribution in [1.29, 1.82) is 0 Å². The van der Waals surface area contributed by atoms with Gasteiger partial charge in [0.15, 0.2) is 0 Å². The number of hydrogen-bond donors (Lipinski definition) is 1. The Labute approximate surface area is 193 Å². The quantitative estimate of drug-likeness (QED) is 0.741. The maximum absolute atomic E-state index is 13.8. The van der Waals surface area contributed by atoms with Crippen LogP contribution in [0.1, 0.15) is 45.6 Å². The van der Waals surface area contributed by atoms with Gasteiger partial charge in [-0.15, -0.1) is 0 Å². The van der Waals surface area contributed by atoms with Crippen molar-refractivity contribution in [3.63, 3.8) is 0 Å². The first-order valence-corrected chi connectivity index (χ1v) is 11.7. The van der Waals surface area contributed by atoms with Crippen LogP contribution >= 0.6 is 11.6 Å². The smallest absolute Gasteiger partial charge is 0.322 e. The van der Waals surface area contributed by atoms with E-state index < -0.39 is 0 Å². The number of benzene rings is 1. The van der Waals surface area contributed by atoms with E-state index >= 15 is 0 Å². The van der Waals surface area contributed by atoms with Crippen LogP contribution in [-0.4, -0.2) is 61.7 Å². The lowest BCUT2D eigenvalue weighted by Gasteiger charge is -2.33. The minimum atomic E-state index is -0.370. The van der Waals surface area contributed by atoms with E-state index in [1.807, 2.05) is 17.9 Å². The van der Waals surface area contributed by atoms with E-state index in [1.165, 1.54) is 11.2 Å². The number of rotatable bonds is 5. The van der Waals surface area contributed by atoms with Crippen molar-refractivity contribution in [2.75, 3.05) is 13.1 Å². The summed E-state index contributed by atoms with van der Waals surface area (Å²) in [6.45, 7) is 7.88. The van der Waals surface area contributed by atoms with Gasteiger partial charge in [0.25, 0.3) is 0 Å². The molecule has 0 saturated carbocycles. The average Bonchev–Trinajstić information content (AvgIpc) is 3.52. The lowest BCUT2D eigenvalue weighted by atomic mass is 9.88. The monoisotopic (exact) mass is 458 g/mol. The molecular weight excluding hydrogens is 428 g/mol. The summed E-state index contributed by atoms with van der Waals surface area (Å²) in [5, 5.41) is 8.12. The number of carbonyl (C=O) groups is 2. The first-order chi connectivity index (χ1) is 15.4. The predicted octanol–water partition coefficient (Wildman–Crippen LogP) is 3.49. The summed E-state index contributed by atoms with van der Waals surface area (Å²) in [5.41, 5.74) is 1.49. The highest BCUT2D eigenvalue weighted by atomic mass is 35.5. The number of urea groups is 1. The number of likely N-dealkylation sites (tertiary alicyclic amines) is 1. The molecular formula is C23H31ClN6O2. The Kier molecular flexibility index (Phi) is 6.81. The van der Waals surface area contributed by atoms with E-state index in [2.05, 4.69) is 29.2 Å². The summed E-state index contributed by atoms with van der Waals surface area (Å²) in [7, 11) is 0. The van der Waals surface area contributed by atoms with Crippen LogP contribution in [-0.2, 0) is 11.3 Å². The van der Waals surface area contributed by atoms with Crippen LogP contribution in [0.5, 0.6) is 0 Å². The van der Waals surface area contributed by atoms with E-state index in [0.29, 0.717) is 17.5 Å². The highest BCUT2D eigenvalue weighted by Gasteiger charge is 2.41. The van der Waals surface area contributed by atoms with E-state index in [9.17, 15) is 9.59 Å². The molecule has 2 fully saturated rings. The molecule has 9 heteroatoms. The number of aromatic nitrogens is 3. The van der Waals surface area contributed by atoms with Gasteiger partial charge in [-0.1, -0.05) is 25.4 Å². The third-order valence-corrected chi connectivity index (χ3v) is 6.96. The van der Waals surface area contributed by atoms with Crippen molar-refractivity contribution in [2.45, 2.75) is 58.7 Å². The fourth-order valence-corrected chi connectivity index (χ4v) is 5.09. The minimum Gasteiger partial charge on any atom is -0.322 e. The van der Waals surface area contributed by atoms with Crippen LogP contribution in [0.25, 0.3) is 5.69 Å². The number of imide groups is 1. The van der Waals surface area contributed by atoms with Crippen LogP contribution < -0.4 is 5.32 Å². The minimum absolute atomic E-state index is 0.115. The molecule has 3 heterocycles. The maximum Gasteiger partial charge on any atom is 0.327 e. The Morgan fingerprint density at radius 3 is 2.78 bits per heavy atom. The van der Waals surface area contributed by atoms with Crippen LogP contribution in [0.2, 0.25) is 5.02 Å². The molecule has 0 bridgehead atoms. The largest absolute Gasteiger partial charge is 0.327 e. The van der Waals surface area contributed by atoms with Crippen molar-refractivity contribution in [2.24, 2.45) is 11.8 Å². The summed E-state index contributed by atoms with van der Waals surface area (Å²) < 4.78 is 1.63. The SMILES string of the molecule is CC(C)C1CCN[C@@H]1C(=O)N(Cc1cc(Cl)ccc1-n1cncn1)C(=O)N1CCC[C@H]1C. The predicted molar refractivity (Wildman–Crippen MR) is 122 cm³/mol. The van der Waals surface area contributed by atoms with Crippen molar-refractivity contribution >= 4 is 23.5 Å². The van der Waals surface area contributed by atoms with Gasteiger partial charge in [0, 0.05) is 17.6 Å². The number of halogens is 1. The Morgan fingerprint density at radius 2 is 2.12 bits per heavy atom. The molecule has 3 atom stereocenters. The summed E-state index contributed by atoms with van der Waals surface area (Å²) in [6, 6.07) is 4.91. The number of nitrogens with one attached hydrogen (secondary N) is 1. The molecule has 2 aromatic rings. The number of hydrogen-bond acceptors (Lipinski definition) is 5. The zero-order valence-electron chi connectivity index (χ0n) is 18.9. The average molecular weight is 459 g/mol. The molecule has 0 aliphatic carbocycles. The molecule has 1 unspecified atom stereocenters. The summed E-state index contributed by atoms with van der Waals surface area (Å²) in [4.78, 5) is 34.7. The third-order valence-electron chi connectivity index (χ3n) is 6.72. The topological polar surface area (TPSA) is 83.4 Å². The highest BCUT2D eigenvalue weighted by molar-refractivity contribution is 6.30. The van der Waals surface area contributed by atoms with Gasteiger partial charge in [-0.3, -0.25) is 9.69 Å². The zero-order chi connectivity index (χ0) is 22.8. The fourth-order valence-electron chi connectivity index (χ4n) is 4.90. The van der Waals surface area contributed by atoms with Crippen molar-refractivity contribution in [3.05, 3.63) is 41.4 Å². The van der Waals surface area contributed by atoms with Crippen molar-refractivity contribution in [1.82, 2.24) is 29.9 Å². The first-order valence-electron chi connectivity index (χ1n) is 11.4. The van der Waals surface area contributed by atoms with Gasteiger partial charge in [0.2, 0.25) is 5.91 Å². The van der Waals surface area contributed by atoms with Crippen molar-refractivity contribution in [3.8, 4) is 5.69 Å². The van der Waals surface area contributed by atoms with Gasteiger partial charge >= 0.3 is 6.03 Å². The van der Waals surface area contributed by atoms with E-state index in [4.69, 9.17) is 11.6 Å². The van der Waals surface area contributed by atoms with Crippen molar-refractivity contribution < 1.29 is 9.59 Å². The molecule has 1 aromatic heterocycles. The highest BCUT2D eigenvalue weighted by Crippen LogP contribution is 2.29. The van der Waals surface area contributed by atoms with E-state index in [0.717, 1.165) is 37.1 Å². The van der Waals surface area contributed by atoms with E-state index in [1.54, 1.807) is 23.1 Å². The fraction of sp³-hybridized carbons (Fsp3) is 0.565. The molecule has 2 aliphatic heterocycles. The number of carbonyl (C=O) groups excluding carboxylic acids is 2. The summed E-state index contributed by atoms with van der Waals surface area (Å²) in [6.07, 6.45) is 5.88. The normalized spacial score (nSPS) is 23.2. The number of amides is 3. The number of nitrogens with zero attached hydrogens (tertiary/aromatic N) is 5. The molecule has 32 heavy (non-hydrogen) atoms. The van der Waals surface area contributed by atoms with Crippen LogP contribution in [0.3, 0.4) is 0 Å². The molecule has 2 aliphatic rings. The molecule has 1 N–H and O–H groups in total. The molecule has 172 valence electrons. The Balaban J connectivity index is 1.70. The zero-order valence-corrected chi connectivity index (χ0v) is 19.6. The van der Waals surface area contributed by atoms with Gasteiger partial charge in [0.1, 0.15) is 12.7 Å². The Morgan fingerprint density at radius 1 is 1.31 bits per heavy atom. The second-order valence-electron chi connectivity index (χ2n) is 9.13. The van der Waals surface area contributed by atoms with Gasteiger partial charge in [0.05, 0.1) is 18.3 Å². The van der Waals surface area contributed by atoms with Crippen LogP contribution in [0.15, 0.2) is 30.9 Å². The molecule has 0 radical (unpaired) electrons. The second kappa shape index (κ2) is 9.58. The Hall–Kier alpha value is -2.45. The molecule has 1 aromatic carbocycles. The van der Waals surface area contributed by atoms with E-state index in [-0.39, 0.29) is 36.5 Å². The lowest BCUT2D eigenvalue weighted by molar-refractivity contribution is -0.132. The van der Waals surface area contributed by atoms with Gasteiger partial charge in [-0.05, 0) is 68.3 Å². The van der Waals surface area contributed by atoms with Gasteiger partial charge in [-0.25, -0.2) is 14.5 Å². The maximum atomic E-state index is 13.8. The Bertz CT molecular complexity index is 963. The molecule has 3 amide bonds. The third kappa shape index (κ3) is 4.52. The molecule has 2 saturated heterocycles. The summed E-state index contributed by atoms with van der Waals surface area (Å²) >= 11 is 6.31. The molecule has 0 spiro atoms. The van der Waals surface area contributed by atoms with Gasteiger partial charge < -0.3 is 10.2 Å². The summed E-state index contributed by atoms with van der Waals surface area (Å²) in [5.74, 6) is 0.372. The van der Waals surface area contributed by atoms with Crippen LogP contribution in [0, 0.1) is 11.8 Å². The lowest BCUT2D eigenvalue weighted by Crippen LogP contribution is -2.53. The standard InChI is InChI=1S/C23H31ClN6O2/c1-15(2)19-8-9-26-21(19)22(31)29(23(32)28-10-4-5-16(28)3)12-17-11-18(24)6-7-20(17)30-14-25-13-27-30/h6-7,11,13-16,19,21,26H,4-5,8-10,12H2,1-3H3/t16-,19?,21+/m1/s1. The second-order valence-corrected chi connectivity index (χ2v) is 9.57. The van der Waals surface area contributed by atoms with Crippen LogP contribution in [0.4, 0.5) is 4.79 Å². The molecule has 4 rings (SSSR count).